The molecule has 0 aliphatic rings. The highest BCUT2D eigenvalue weighted by Gasteiger charge is 2.38. The monoisotopic (exact) mass is 605 g/mol. The molecule has 0 aromatic heterocycles. The number of hydrogen-bond acceptors (Lipinski definition) is 8. The summed E-state index contributed by atoms with van der Waals surface area (Å²) in [5, 5.41) is 18.0. The maximum absolute atomic E-state index is 13.4. The first kappa shape index (κ1) is 34.1. The van der Waals surface area contributed by atoms with Crippen LogP contribution in [0.1, 0.15) is 37.9 Å². The van der Waals surface area contributed by atoms with Gasteiger partial charge in [0.25, 0.3) is 5.91 Å². The van der Waals surface area contributed by atoms with E-state index >= 15 is 0 Å². The van der Waals surface area contributed by atoms with Crippen molar-refractivity contribution < 1.29 is 42.1 Å². The summed E-state index contributed by atoms with van der Waals surface area (Å²) in [5.74, 6) is -1.22. The minimum Gasteiger partial charge on any atom is -0.497 e. The van der Waals surface area contributed by atoms with Crippen LogP contribution in [0.2, 0.25) is 0 Å². The van der Waals surface area contributed by atoms with Crippen LogP contribution in [0.25, 0.3) is 0 Å². The van der Waals surface area contributed by atoms with Gasteiger partial charge in [0, 0.05) is 11.3 Å². The molecule has 11 nitrogen and oxygen atoms in total. The second-order valence-corrected chi connectivity index (χ2v) is 9.02. The van der Waals surface area contributed by atoms with Gasteiger partial charge in [-0.05, 0) is 87.0 Å². The smallest absolute Gasteiger partial charge is 0.490 e. The Labute approximate surface area is 246 Å². The number of carbonyl (C=O) groups is 2. The molecule has 14 heteroatoms. The molecule has 3 rings (SSSR count). The van der Waals surface area contributed by atoms with Crippen LogP contribution >= 0.6 is 0 Å². The molecule has 0 radical (unpaired) electrons. The van der Waals surface area contributed by atoms with Crippen LogP contribution in [0.4, 0.5) is 24.5 Å². The standard InChI is InChI=1S/C27H33N5O4.C2HF3O2/c1-5-35-24-16-19(8-15-23(24)36-17(2)3)25(30-20-9-6-18(7-10-20)26(28)29)27(33)32-31-21-11-13-22(34-4)14-12-21;3-2(4,5)1(6)7/h6-17,25,30-31H,5H2,1-4H3,(H3,28,29)(H,32,33);(H,6,7). The number of nitrogens with two attached hydrogens (primary N) is 1. The minimum absolute atomic E-state index is 0.0263. The summed E-state index contributed by atoms with van der Waals surface area (Å²) in [6.07, 6.45) is -5.11. The predicted octanol–water partition coefficient (Wildman–Crippen LogP) is 5.09. The third-order valence-electron chi connectivity index (χ3n) is 5.40. The van der Waals surface area contributed by atoms with Crippen LogP contribution in [0, 0.1) is 5.41 Å². The van der Waals surface area contributed by atoms with Gasteiger partial charge in [0.05, 0.1) is 25.5 Å². The maximum atomic E-state index is 13.4. The summed E-state index contributed by atoms with van der Waals surface area (Å²) in [5.41, 5.74) is 13.9. The first-order chi connectivity index (χ1) is 20.2. The number of aliphatic carboxylic acids is 1. The van der Waals surface area contributed by atoms with Crippen molar-refractivity contribution in [3.63, 3.8) is 0 Å². The van der Waals surface area contributed by atoms with Gasteiger partial charge in [0.15, 0.2) is 11.5 Å². The summed E-state index contributed by atoms with van der Waals surface area (Å²) in [6.45, 7) is 6.23. The van der Waals surface area contributed by atoms with Gasteiger partial charge in [0.2, 0.25) is 0 Å². The number of carbonyl (C=O) groups excluding carboxylic acids is 1. The van der Waals surface area contributed by atoms with Gasteiger partial charge in [0.1, 0.15) is 17.6 Å². The average Bonchev–Trinajstić information content (AvgIpc) is 2.96. The Morgan fingerprint density at radius 3 is 2.05 bits per heavy atom. The molecule has 0 bridgehead atoms. The number of amides is 1. The number of carboxylic acid groups (broad SMARTS) is 1. The van der Waals surface area contributed by atoms with E-state index in [1.165, 1.54) is 0 Å². The lowest BCUT2D eigenvalue weighted by atomic mass is 10.0. The van der Waals surface area contributed by atoms with Crippen LogP contribution in [0.5, 0.6) is 17.2 Å². The van der Waals surface area contributed by atoms with E-state index in [2.05, 4.69) is 16.2 Å². The van der Waals surface area contributed by atoms with Crippen LogP contribution in [-0.2, 0) is 9.59 Å². The average molecular weight is 606 g/mol. The Morgan fingerprint density at radius 1 is 0.977 bits per heavy atom. The van der Waals surface area contributed by atoms with E-state index in [1.807, 2.05) is 26.8 Å². The SMILES string of the molecule is CCOc1cc(C(Nc2ccc(C(=N)N)cc2)C(=O)NNc2ccc(OC)cc2)ccc1OC(C)C.O=C(O)C(F)(F)F. The van der Waals surface area contributed by atoms with Crippen LogP contribution in [0.15, 0.2) is 66.7 Å². The lowest BCUT2D eigenvalue weighted by molar-refractivity contribution is -0.192. The summed E-state index contributed by atoms with van der Waals surface area (Å²) in [7, 11) is 1.59. The van der Waals surface area contributed by atoms with Crippen molar-refractivity contribution in [1.82, 2.24) is 5.43 Å². The van der Waals surface area contributed by atoms with E-state index in [4.69, 9.17) is 35.3 Å². The number of halogens is 3. The molecule has 0 saturated carbocycles. The van der Waals surface area contributed by atoms with Gasteiger partial charge in [-0.3, -0.25) is 21.1 Å². The molecule has 0 heterocycles. The number of anilines is 2. The van der Waals surface area contributed by atoms with Gasteiger partial charge >= 0.3 is 12.1 Å². The molecule has 232 valence electrons. The molecule has 0 aliphatic heterocycles. The summed E-state index contributed by atoms with van der Waals surface area (Å²) < 4.78 is 48.6. The van der Waals surface area contributed by atoms with Crippen molar-refractivity contribution in [3.8, 4) is 17.2 Å². The van der Waals surface area contributed by atoms with E-state index in [1.54, 1.807) is 67.8 Å². The number of hydrogen-bond donors (Lipinski definition) is 6. The molecular formula is C29H34F3N5O6. The van der Waals surface area contributed by atoms with E-state index < -0.39 is 18.2 Å². The maximum Gasteiger partial charge on any atom is 0.490 e. The lowest BCUT2D eigenvalue weighted by Gasteiger charge is -2.22. The van der Waals surface area contributed by atoms with Gasteiger partial charge in [-0.2, -0.15) is 13.2 Å². The summed E-state index contributed by atoms with van der Waals surface area (Å²) >= 11 is 0. The molecule has 1 unspecified atom stereocenters. The van der Waals surface area contributed by atoms with Crippen molar-refractivity contribution in [2.45, 2.75) is 39.1 Å². The molecule has 1 atom stereocenters. The molecule has 3 aromatic rings. The highest BCUT2D eigenvalue weighted by atomic mass is 19.4. The Kier molecular flexibility index (Phi) is 12.5. The van der Waals surface area contributed by atoms with E-state index in [-0.39, 0.29) is 17.8 Å². The number of carboxylic acids is 1. The van der Waals surface area contributed by atoms with E-state index in [0.29, 0.717) is 46.4 Å². The zero-order valence-corrected chi connectivity index (χ0v) is 23.9. The van der Waals surface area contributed by atoms with Crippen LogP contribution in [-0.4, -0.2) is 48.8 Å². The van der Waals surface area contributed by atoms with Crippen LogP contribution < -0.4 is 36.1 Å². The number of methoxy groups -OCH3 is 1. The first-order valence-corrected chi connectivity index (χ1v) is 12.9. The molecular weight excluding hydrogens is 571 g/mol. The number of alkyl halides is 3. The zero-order valence-electron chi connectivity index (χ0n) is 23.9. The second-order valence-electron chi connectivity index (χ2n) is 9.02. The second kappa shape index (κ2) is 15.7. The lowest BCUT2D eigenvalue weighted by Crippen LogP contribution is -2.37. The van der Waals surface area contributed by atoms with Gasteiger partial charge in [-0.15, -0.1) is 0 Å². The van der Waals surface area contributed by atoms with Gasteiger partial charge in [-0.25, -0.2) is 4.79 Å². The summed E-state index contributed by atoms with van der Waals surface area (Å²) in [4.78, 5) is 22.3. The molecule has 43 heavy (non-hydrogen) atoms. The molecule has 0 saturated heterocycles. The van der Waals surface area contributed by atoms with Gasteiger partial charge < -0.3 is 30.4 Å². The third-order valence-corrected chi connectivity index (χ3v) is 5.40. The number of ether oxygens (including phenoxy) is 3. The number of benzene rings is 3. The summed E-state index contributed by atoms with van der Waals surface area (Å²) in [6, 6.07) is 18.8. The quantitative estimate of drug-likeness (QED) is 0.0935. The third kappa shape index (κ3) is 11.0. The topological polar surface area (TPSA) is 168 Å². The number of nitrogens with one attached hydrogen (secondary N) is 4. The molecule has 0 spiro atoms. The fourth-order valence-corrected chi connectivity index (χ4v) is 3.42. The Bertz CT molecular complexity index is 1370. The Morgan fingerprint density at radius 2 is 1.56 bits per heavy atom. The molecule has 0 aliphatic carbocycles. The van der Waals surface area contributed by atoms with E-state index in [9.17, 15) is 18.0 Å². The highest BCUT2D eigenvalue weighted by Crippen LogP contribution is 2.33. The number of rotatable bonds is 12. The van der Waals surface area contributed by atoms with Crippen molar-refractivity contribution in [3.05, 3.63) is 77.9 Å². The largest absolute Gasteiger partial charge is 0.497 e. The number of amidine groups is 1. The van der Waals surface area contributed by atoms with Crippen molar-refractivity contribution in [2.75, 3.05) is 24.5 Å². The predicted molar refractivity (Wildman–Crippen MR) is 156 cm³/mol. The zero-order chi connectivity index (χ0) is 32.2. The molecule has 0 fully saturated rings. The van der Waals surface area contributed by atoms with E-state index in [0.717, 1.165) is 0 Å². The molecule has 7 N–H and O–H groups in total. The first-order valence-electron chi connectivity index (χ1n) is 12.9. The van der Waals surface area contributed by atoms with Crippen molar-refractivity contribution >= 4 is 29.1 Å². The van der Waals surface area contributed by atoms with Crippen molar-refractivity contribution in [2.24, 2.45) is 5.73 Å². The highest BCUT2D eigenvalue weighted by molar-refractivity contribution is 5.95. The van der Waals surface area contributed by atoms with Crippen LogP contribution in [0.3, 0.4) is 0 Å². The number of hydrazine groups is 1. The normalized spacial score (nSPS) is 11.3. The fraction of sp³-hybridized carbons (Fsp3) is 0.276. The van der Waals surface area contributed by atoms with Gasteiger partial charge in [-0.1, -0.05) is 6.07 Å². The fourth-order valence-electron chi connectivity index (χ4n) is 3.42. The number of nitrogen functional groups attached to an aromatic ring is 1. The molecule has 1 amide bonds. The molecule has 3 aromatic carbocycles. The Hall–Kier alpha value is -5.14. The Balaban J connectivity index is 0.000000821. The van der Waals surface area contributed by atoms with Crippen molar-refractivity contribution in [1.29, 1.82) is 5.41 Å². The minimum atomic E-state index is -5.08.